The maximum atomic E-state index is 12.1. The van der Waals surface area contributed by atoms with Crippen LogP contribution in [0.3, 0.4) is 0 Å². The molecule has 110 valence electrons. The molecule has 20 heavy (non-hydrogen) atoms. The molecule has 4 heteroatoms. The van der Waals surface area contributed by atoms with E-state index in [1.807, 2.05) is 20.0 Å². The van der Waals surface area contributed by atoms with Gasteiger partial charge in [0.05, 0.1) is 0 Å². The second kappa shape index (κ2) is 7.27. The predicted molar refractivity (Wildman–Crippen MR) is 82.0 cm³/mol. The quantitative estimate of drug-likeness (QED) is 0.868. The number of amides is 1. The van der Waals surface area contributed by atoms with Crippen LogP contribution < -0.4 is 10.6 Å². The minimum atomic E-state index is 0.00260. The lowest BCUT2D eigenvalue weighted by molar-refractivity contribution is 0.0950. The SMILES string of the molecule is CNc1cc(C(=O)NCCC2CCCCC2)cc(C)n1. The van der Waals surface area contributed by atoms with E-state index in [0.29, 0.717) is 5.56 Å². The van der Waals surface area contributed by atoms with E-state index in [0.717, 1.165) is 30.4 Å². The van der Waals surface area contributed by atoms with Gasteiger partial charge in [-0.2, -0.15) is 0 Å². The zero-order valence-corrected chi connectivity index (χ0v) is 12.5. The minimum Gasteiger partial charge on any atom is -0.373 e. The molecule has 1 aliphatic rings. The minimum absolute atomic E-state index is 0.00260. The van der Waals surface area contributed by atoms with E-state index in [1.54, 1.807) is 6.07 Å². The fourth-order valence-electron chi connectivity index (χ4n) is 2.90. The summed E-state index contributed by atoms with van der Waals surface area (Å²) in [6.45, 7) is 2.68. The van der Waals surface area contributed by atoms with Gasteiger partial charge in [0.1, 0.15) is 5.82 Å². The van der Waals surface area contributed by atoms with Gasteiger partial charge in [-0.1, -0.05) is 32.1 Å². The molecule has 0 aromatic carbocycles. The van der Waals surface area contributed by atoms with Crippen LogP contribution in [-0.2, 0) is 0 Å². The monoisotopic (exact) mass is 275 g/mol. The summed E-state index contributed by atoms with van der Waals surface area (Å²) in [7, 11) is 1.81. The maximum Gasteiger partial charge on any atom is 0.251 e. The zero-order chi connectivity index (χ0) is 14.4. The van der Waals surface area contributed by atoms with E-state index in [9.17, 15) is 4.79 Å². The van der Waals surface area contributed by atoms with Crippen molar-refractivity contribution < 1.29 is 4.79 Å². The Hall–Kier alpha value is -1.58. The lowest BCUT2D eigenvalue weighted by atomic mass is 9.87. The van der Waals surface area contributed by atoms with E-state index >= 15 is 0 Å². The second-order valence-electron chi connectivity index (χ2n) is 5.68. The highest BCUT2D eigenvalue weighted by molar-refractivity contribution is 5.94. The third-order valence-corrected chi connectivity index (χ3v) is 4.03. The number of anilines is 1. The van der Waals surface area contributed by atoms with Crippen LogP contribution in [0.2, 0.25) is 0 Å². The third kappa shape index (κ3) is 4.22. The van der Waals surface area contributed by atoms with E-state index in [-0.39, 0.29) is 5.91 Å². The standard InChI is InChI=1S/C16H25N3O/c1-12-10-14(11-15(17-2)19-12)16(20)18-9-8-13-6-4-3-5-7-13/h10-11,13H,3-9H2,1-2H3,(H,17,19)(H,18,20). The number of nitrogens with zero attached hydrogens (tertiary/aromatic N) is 1. The number of hydrogen-bond donors (Lipinski definition) is 2. The highest BCUT2D eigenvalue weighted by Crippen LogP contribution is 2.25. The van der Waals surface area contributed by atoms with Crippen molar-refractivity contribution in [2.75, 3.05) is 18.9 Å². The van der Waals surface area contributed by atoms with Crippen molar-refractivity contribution in [1.29, 1.82) is 0 Å². The number of rotatable bonds is 5. The summed E-state index contributed by atoms with van der Waals surface area (Å²) in [5.74, 6) is 1.54. The van der Waals surface area contributed by atoms with E-state index < -0.39 is 0 Å². The molecule has 1 fully saturated rings. The summed E-state index contributed by atoms with van der Waals surface area (Å²) in [5, 5.41) is 6.01. The van der Waals surface area contributed by atoms with Crippen LogP contribution in [-0.4, -0.2) is 24.5 Å². The molecule has 0 aliphatic heterocycles. The molecule has 0 spiro atoms. The molecule has 1 aliphatic carbocycles. The predicted octanol–water partition coefficient (Wildman–Crippen LogP) is 3.13. The zero-order valence-electron chi connectivity index (χ0n) is 12.5. The third-order valence-electron chi connectivity index (χ3n) is 4.03. The van der Waals surface area contributed by atoms with E-state index in [2.05, 4.69) is 15.6 Å². The molecule has 0 bridgehead atoms. The van der Waals surface area contributed by atoms with Crippen molar-refractivity contribution >= 4 is 11.7 Å². The molecular formula is C16H25N3O. The lowest BCUT2D eigenvalue weighted by Crippen LogP contribution is -2.26. The lowest BCUT2D eigenvalue weighted by Gasteiger charge is -2.21. The molecule has 4 nitrogen and oxygen atoms in total. The van der Waals surface area contributed by atoms with Crippen molar-refractivity contribution in [3.8, 4) is 0 Å². The molecule has 0 atom stereocenters. The number of hydrogen-bond acceptors (Lipinski definition) is 3. The Balaban J connectivity index is 1.83. The van der Waals surface area contributed by atoms with Crippen LogP contribution in [0.1, 0.15) is 54.6 Å². The number of aryl methyl sites for hydroxylation is 1. The van der Waals surface area contributed by atoms with E-state index in [1.165, 1.54) is 32.1 Å². The van der Waals surface area contributed by atoms with Crippen molar-refractivity contribution in [3.05, 3.63) is 23.4 Å². The Morgan fingerprint density at radius 1 is 1.30 bits per heavy atom. The number of nitrogens with one attached hydrogen (secondary N) is 2. The van der Waals surface area contributed by atoms with Crippen molar-refractivity contribution in [2.24, 2.45) is 5.92 Å². The highest BCUT2D eigenvalue weighted by atomic mass is 16.1. The molecule has 2 N–H and O–H groups in total. The molecule has 1 saturated carbocycles. The molecule has 1 aromatic heterocycles. The first kappa shape index (κ1) is 14.8. The topological polar surface area (TPSA) is 54.0 Å². The average molecular weight is 275 g/mol. The first-order valence-corrected chi connectivity index (χ1v) is 7.63. The highest BCUT2D eigenvalue weighted by Gasteiger charge is 2.14. The fourth-order valence-corrected chi connectivity index (χ4v) is 2.90. The van der Waals surface area contributed by atoms with Gasteiger partial charge < -0.3 is 10.6 Å². The van der Waals surface area contributed by atoms with Gasteiger partial charge in [0.25, 0.3) is 5.91 Å². The largest absolute Gasteiger partial charge is 0.373 e. The molecule has 2 rings (SSSR count). The Morgan fingerprint density at radius 3 is 2.75 bits per heavy atom. The molecule has 0 unspecified atom stereocenters. The van der Waals surface area contributed by atoms with Crippen molar-refractivity contribution in [1.82, 2.24) is 10.3 Å². The molecule has 0 saturated heterocycles. The van der Waals surface area contributed by atoms with Crippen LogP contribution in [0.25, 0.3) is 0 Å². The average Bonchev–Trinajstić information content (AvgIpc) is 2.47. The number of aromatic nitrogens is 1. The summed E-state index contributed by atoms with van der Waals surface area (Å²) in [5.41, 5.74) is 1.54. The number of carbonyl (C=O) groups is 1. The molecule has 1 aromatic rings. The number of carbonyl (C=O) groups excluding carboxylic acids is 1. The Morgan fingerprint density at radius 2 is 2.05 bits per heavy atom. The van der Waals surface area contributed by atoms with Crippen molar-refractivity contribution in [2.45, 2.75) is 45.4 Å². The Kier molecular flexibility index (Phi) is 5.39. The number of pyridine rings is 1. The van der Waals surface area contributed by atoms with Gasteiger partial charge in [0.15, 0.2) is 0 Å². The maximum absolute atomic E-state index is 12.1. The smallest absolute Gasteiger partial charge is 0.251 e. The van der Waals surface area contributed by atoms with Crippen LogP contribution >= 0.6 is 0 Å². The Bertz CT molecular complexity index is 453. The van der Waals surface area contributed by atoms with Gasteiger partial charge >= 0.3 is 0 Å². The molecular weight excluding hydrogens is 250 g/mol. The van der Waals surface area contributed by atoms with Crippen LogP contribution in [0, 0.1) is 12.8 Å². The van der Waals surface area contributed by atoms with Gasteiger partial charge in [-0.15, -0.1) is 0 Å². The molecule has 1 heterocycles. The fraction of sp³-hybridized carbons (Fsp3) is 0.625. The summed E-state index contributed by atoms with van der Waals surface area (Å²) in [6, 6.07) is 3.62. The van der Waals surface area contributed by atoms with Crippen LogP contribution in [0.15, 0.2) is 12.1 Å². The first-order valence-electron chi connectivity index (χ1n) is 7.63. The normalized spacial score (nSPS) is 15.9. The molecule has 1 amide bonds. The second-order valence-corrected chi connectivity index (χ2v) is 5.68. The van der Waals surface area contributed by atoms with E-state index in [4.69, 9.17) is 0 Å². The summed E-state index contributed by atoms with van der Waals surface area (Å²) in [4.78, 5) is 16.4. The summed E-state index contributed by atoms with van der Waals surface area (Å²) >= 11 is 0. The van der Waals surface area contributed by atoms with Gasteiger partial charge in [0.2, 0.25) is 0 Å². The summed E-state index contributed by atoms with van der Waals surface area (Å²) < 4.78 is 0. The van der Waals surface area contributed by atoms with Gasteiger partial charge in [0, 0.05) is 24.8 Å². The first-order chi connectivity index (χ1) is 9.69. The van der Waals surface area contributed by atoms with Gasteiger partial charge in [-0.25, -0.2) is 4.98 Å². The van der Waals surface area contributed by atoms with Crippen molar-refractivity contribution in [3.63, 3.8) is 0 Å². The van der Waals surface area contributed by atoms with Gasteiger partial charge in [-0.05, 0) is 31.4 Å². The van der Waals surface area contributed by atoms with Crippen LogP contribution in [0.4, 0.5) is 5.82 Å². The van der Waals surface area contributed by atoms with Crippen LogP contribution in [0.5, 0.6) is 0 Å². The van der Waals surface area contributed by atoms with Gasteiger partial charge in [-0.3, -0.25) is 4.79 Å². The Labute approximate surface area is 121 Å². The summed E-state index contributed by atoms with van der Waals surface area (Å²) in [6.07, 6.45) is 7.85. The molecule has 0 radical (unpaired) electrons.